The number of rotatable bonds is 5. The zero-order chi connectivity index (χ0) is 10.5. The number of thiazole rings is 1. The van der Waals surface area contributed by atoms with Gasteiger partial charge in [0.25, 0.3) is 0 Å². The van der Waals surface area contributed by atoms with Crippen molar-refractivity contribution in [3.8, 4) is 0 Å². The van der Waals surface area contributed by atoms with Crippen LogP contribution < -0.4 is 5.32 Å². The second kappa shape index (κ2) is 5.09. The van der Waals surface area contributed by atoms with E-state index < -0.39 is 0 Å². The van der Waals surface area contributed by atoms with Crippen molar-refractivity contribution in [1.29, 1.82) is 0 Å². The summed E-state index contributed by atoms with van der Waals surface area (Å²) in [7, 11) is 0. The lowest BCUT2D eigenvalue weighted by atomic mass is 10.4. The molecule has 0 aliphatic rings. The summed E-state index contributed by atoms with van der Waals surface area (Å²) in [6.07, 6.45) is 2.71. The van der Waals surface area contributed by atoms with Crippen molar-refractivity contribution in [2.45, 2.75) is 26.4 Å². The van der Waals surface area contributed by atoms with Crippen LogP contribution in [-0.2, 0) is 19.5 Å². The normalized spacial score (nSPS) is 10.7. The van der Waals surface area contributed by atoms with Gasteiger partial charge >= 0.3 is 0 Å². The highest BCUT2D eigenvalue weighted by Crippen LogP contribution is 2.10. The lowest BCUT2D eigenvalue weighted by molar-refractivity contribution is 0.482. The van der Waals surface area contributed by atoms with E-state index in [4.69, 9.17) is 4.42 Å². The van der Waals surface area contributed by atoms with Crippen LogP contribution in [0.25, 0.3) is 0 Å². The van der Waals surface area contributed by atoms with Gasteiger partial charge in [-0.15, -0.1) is 11.3 Å². The standard InChI is InChI=1S/C11H14N2OS/c1-2-11-13-9(8-15-11)6-12-7-10-4-3-5-14-10/h3-5,8,12H,2,6-7H2,1H3. The molecule has 15 heavy (non-hydrogen) atoms. The second-order valence-corrected chi connectivity index (χ2v) is 4.21. The number of hydrogen-bond donors (Lipinski definition) is 1. The van der Waals surface area contributed by atoms with Gasteiger partial charge in [-0.05, 0) is 18.6 Å². The molecular weight excluding hydrogens is 208 g/mol. The van der Waals surface area contributed by atoms with Crippen LogP contribution in [0.1, 0.15) is 23.4 Å². The number of nitrogens with zero attached hydrogens (tertiary/aromatic N) is 1. The van der Waals surface area contributed by atoms with Gasteiger partial charge < -0.3 is 9.73 Å². The van der Waals surface area contributed by atoms with Crippen LogP contribution >= 0.6 is 11.3 Å². The average Bonchev–Trinajstić information content (AvgIpc) is 2.88. The van der Waals surface area contributed by atoms with Gasteiger partial charge in [0.1, 0.15) is 5.76 Å². The molecule has 3 nitrogen and oxygen atoms in total. The highest BCUT2D eigenvalue weighted by Gasteiger charge is 2.00. The molecule has 0 unspecified atom stereocenters. The molecule has 0 radical (unpaired) electrons. The molecule has 0 fully saturated rings. The first kappa shape index (κ1) is 10.4. The molecule has 4 heteroatoms. The van der Waals surface area contributed by atoms with Gasteiger partial charge in [-0.3, -0.25) is 0 Å². The van der Waals surface area contributed by atoms with Gasteiger partial charge in [-0.25, -0.2) is 4.98 Å². The molecule has 0 bridgehead atoms. The molecule has 0 aliphatic heterocycles. The molecule has 0 spiro atoms. The van der Waals surface area contributed by atoms with Crippen LogP contribution in [0.4, 0.5) is 0 Å². The summed E-state index contributed by atoms with van der Waals surface area (Å²) < 4.78 is 5.22. The number of furan rings is 1. The van der Waals surface area contributed by atoms with Crippen molar-refractivity contribution in [1.82, 2.24) is 10.3 Å². The smallest absolute Gasteiger partial charge is 0.117 e. The Bertz CT molecular complexity index is 394. The SMILES string of the molecule is CCc1nc(CNCc2ccco2)cs1. The van der Waals surface area contributed by atoms with Crippen molar-refractivity contribution in [3.63, 3.8) is 0 Å². The summed E-state index contributed by atoms with van der Waals surface area (Å²) in [5.41, 5.74) is 1.11. The van der Waals surface area contributed by atoms with E-state index in [2.05, 4.69) is 22.6 Å². The van der Waals surface area contributed by atoms with Gasteiger partial charge in [0, 0.05) is 11.9 Å². The van der Waals surface area contributed by atoms with Gasteiger partial charge in [-0.2, -0.15) is 0 Å². The third kappa shape index (κ3) is 2.91. The molecule has 0 amide bonds. The van der Waals surface area contributed by atoms with Gasteiger partial charge in [0.05, 0.1) is 23.5 Å². The van der Waals surface area contributed by atoms with Crippen molar-refractivity contribution in [2.75, 3.05) is 0 Å². The first-order valence-corrected chi connectivity index (χ1v) is 5.93. The molecule has 2 rings (SSSR count). The molecular formula is C11H14N2OS. The fourth-order valence-corrected chi connectivity index (χ4v) is 2.06. The average molecular weight is 222 g/mol. The zero-order valence-corrected chi connectivity index (χ0v) is 9.51. The van der Waals surface area contributed by atoms with Crippen LogP contribution in [0, 0.1) is 0 Å². The van der Waals surface area contributed by atoms with Crippen molar-refractivity contribution in [2.24, 2.45) is 0 Å². The Kier molecular flexibility index (Phi) is 3.53. The lowest BCUT2D eigenvalue weighted by Gasteiger charge is -1.98. The third-order valence-electron chi connectivity index (χ3n) is 2.09. The highest BCUT2D eigenvalue weighted by molar-refractivity contribution is 7.09. The van der Waals surface area contributed by atoms with E-state index in [1.165, 1.54) is 5.01 Å². The van der Waals surface area contributed by atoms with Crippen LogP contribution in [0.3, 0.4) is 0 Å². The van der Waals surface area contributed by atoms with E-state index in [0.29, 0.717) is 0 Å². The highest BCUT2D eigenvalue weighted by atomic mass is 32.1. The van der Waals surface area contributed by atoms with E-state index in [0.717, 1.165) is 31.0 Å². The predicted molar refractivity (Wildman–Crippen MR) is 60.7 cm³/mol. The molecule has 0 aliphatic carbocycles. The van der Waals surface area contributed by atoms with Crippen LogP contribution in [0.5, 0.6) is 0 Å². The maximum Gasteiger partial charge on any atom is 0.117 e. The monoisotopic (exact) mass is 222 g/mol. The topological polar surface area (TPSA) is 38.1 Å². The van der Waals surface area contributed by atoms with Crippen molar-refractivity contribution < 1.29 is 4.42 Å². The summed E-state index contributed by atoms with van der Waals surface area (Å²) in [4.78, 5) is 4.47. The minimum atomic E-state index is 0.756. The van der Waals surface area contributed by atoms with Gasteiger partial charge in [0.15, 0.2) is 0 Å². The molecule has 0 atom stereocenters. The second-order valence-electron chi connectivity index (χ2n) is 3.27. The first-order valence-electron chi connectivity index (χ1n) is 5.05. The Morgan fingerprint density at radius 1 is 1.47 bits per heavy atom. The van der Waals surface area contributed by atoms with E-state index in [1.54, 1.807) is 17.6 Å². The minimum absolute atomic E-state index is 0.756. The van der Waals surface area contributed by atoms with Crippen molar-refractivity contribution >= 4 is 11.3 Å². The maximum absolute atomic E-state index is 5.22. The first-order chi connectivity index (χ1) is 7.38. The van der Waals surface area contributed by atoms with Crippen LogP contribution in [0.2, 0.25) is 0 Å². The van der Waals surface area contributed by atoms with E-state index >= 15 is 0 Å². The van der Waals surface area contributed by atoms with Gasteiger partial charge in [-0.1, -0.05) is 6.92 Å². The largest absolute Gasteiger partial charge is 0.468 e. The van der Waals surface area contributed by atoms with Crippen LogP contribution in [-0.4, -0.2) is 4.98 Å². The van der Waals surface area contributed by atoms with E-state index in [9.17, 15) is 0 Å². The Morgan fingerprint density at radius 2 is 2.40 bits per heavy atom. The number of aryl methyl sites for hydroxylation is 1. The van der Waals surface area contributed by atoms with Gasteiger partial charge in [0.2, 0.25) is 0 Å². The molecule has 80 valence electrons. The zero-order valence-electron chi connectivity index (χ0n) is 8.69. The molecule has 0 aromatic carbocycles. The van der Waals surface area contributed by atoms with E-state index in [1.807, 2.05) is 12.1 Å². The minimum Gasteiger partial charge on any atom is -0.468 e. The Morgan fingerprint density at radius 3 is 3.07 bits per heavy atom. The molecule has 0 saturated carbocycles. The fraction of sp³-hybridized carbons (Fsp3) is 0.364. The molecule has 0 saturated heterocycles. The third-order valence-corrected chi connectivity index (χ3v) is 3.13. The Labute approximate surface area is 93.2 Å². The summed E-state index contributed by atoms with van der Waals surface area (Å²) in [6, 6.07) is 3.86. The number of aromatic nitrogens is 1. The summed E-state index contributed by atoms with van der Waals surface area (Å²) in [6.45, 7) is 3.68. The lowest BCUT2D eigenvalue weighted by Crippen LogP contribution is -2.12. The predicted octanol–water partition coefficient (Wildman–Crippen LogP) is 2.59. The fourth-order valence-electron chi connectivity index (χ4n) is 1.32. The van der Waals surface area contributed by atoms with Crippen molar-refractivity contribution in [3.05, 3.63) is 40.2 Å². The maximum atomic E-state index is 5.22. The summed E-state index contributed by atoms with van der Waals surface area (Å²) in [5, 5.41) is 6.60. The molecule has 2 aromatic heterocycles. The molecule has 2 heterocycles. The number of nitrogens with one attached hydrogen (secondary N) is 1. The Balaban J connectivity index is 1.78. The number of hydrogen-bond acceptors (Lipinski definition) is 4. The summed E-state index contributed by atoms with van der Waals surface area (Å²) >= 11 is 1.72. The molecule has 2 aromatic rings. The van der Waals surface area contributed by atoms with E-state index in [-0.39, 0.29) is 0 Å². The molecule has 1 N–H and O–H groups in total. The quantitative estimate of drug-likeness (QED) is 0.845. The Hall–Kier alpha value is -1.13. The van der Waals surface area contributed by atoms with Crippen LogP contribution in [0.15, 0.2) is 28.2 Å². The summed E-state index contributed by atoms with van der Waals surface area (Å²) in [5.74, 6) is 0.959.